The van der Waals surface area contributed by atoms with Gasteiger partial charge in [0.1, 0.15) is 0 Å². The van der Waals surface area contributed by atoms with E-state index in [1.165, 1.54) is 47.7 Å². The fourth-order valence-corrected chi connectivity index (χ4v) is 3.58. The quantitative estimate of drug-likeness (QED) is 0.837. The number of halogens is 1. The highest BCUT2D eigenvalue weighted by atomic mass is 79.9. The molecule has 1 aromatic rings. The van der Waals surface area contributed by atoms with Gasteiger partial charge in [-0.25, -0.2) is 0 Å². The number of hydrogen-bond acceptors (Lipinski definition) is 1. The molecule has 1 unspecified atom stereocenters. The van der Waals surface area contributed by atoms with Crippen LogP contribution in [0.5, 0.6) is 0 Å². The average molecular weight is 310 g/mol. The van der Waals surface area contributed by atoms with Gasteiger partial charge >= 0.3 is 0 Å². The van der Waals surface area contributed by atoms with Gasteiger partial charge in [0.2, 0.25) is 0 Å². The van der Waals surface area contributed by atoms with E-state index in [9.17, 15) is 0 Å². The third-order valence-electron chi connectivity index (χ3n) is 4.65. The summed E-state index contributed by atoms with van der Waals surface area (Å²) in [7, 11) is 0. The molecule has 0 amide bonds. The second kappa shape index (κ2) is 6.21. The van der Waals surface area contributed by atoms with E-state index >= 15 is 0 Å². The summed E-state index contributed by atoms with van der Waals surface area (Å²) in [4.78, 5) is 0. The van der Waals surface area contributed by atoms with Crippen LogP contribution in [0.1, 0.15) is 56.2 Å². The Labute approximate surface area is 119 Å². The highest BCUT2D eigenvalue weighted by Gasteiger charge is 2.26. The molecule has 2 N–H and O–H groups in total. The summed E-state index contributed by atoms with van der Waals surface area (Å²) in [6.07, 6.45) is 6.65. The Morgan fingerprint density at radius 2 is 1.94 bits per heavy atom. The number of nitrogens with two attached hydrogens (primary N) is 1. The first-order valence-electron chi connectivity index (χ1n) is 7.14. The van der Waals surface area contributed by atoms with Crippen LogP contribution in [-0.2, 0) is 0 Å². The molecule has 1 saturated carbocycles. The van der Waals surface area contributed by atoms with Crippen LogP contribution in [0.25, 0.3) is 0 Å². The zero-order chi connectivity index (χ0) is 13.1. The minimum Gasteiger partial charge on any atom is -0.324 e. The topological polar surface area (TPSA) is 26.0 Å². The first kappa shape index (κ1) is 14.1. The summed E-state index contributed by atoms with van der Waals surface area (Å²) in [5.41, 5.74) is 9.14. The molecule has 0 aromatic heterocycles. The van der Waals surface area contributed by atoms with E-state index in [1.54, 1.807) is 0 Å². The molecule has 0 aliphatic heterocycles. The zero-order valence-corrected chi connectivity index (χ0v) is 13.0. The molecule has 1 nitrogen and oxygen atoms in total. The van der Waals surface area contributed by atoms with Crippen LogP contribution in [0, 0.1) is 18.8 Å². The molecule has 18 heavy (non-hydrogen) atoms. The van der Waals surface area contributed by atoms with Crippen molar-refractivity contribution < 1.29 is 0 Å². The summed E-state index contributed by atoms with van der Waals surface area (Å²) >= 11 is 3.60. The van der Waals surface area contributed by atoms with E-state index in [0.717, 1.165) is 5.92 Å². The largest absolute Gasteiger partial charge is 0.324 e. The second-order valence-corrected chi connectivity index (χ2v) is 6.52. The molecule has 0 bridgehead atoms. The molecule has 1 aliphatic rings. The summed E-state index contributed by atoms with van der Waals surface area (Å²) < 4.78 is 1.18. The van der Waals surface area contributed by atoms with Crippen LogP contribution in [0.15, 0.2) is 22.7 Å². The molecular formula is C16H24BrN. The third-order valence-corrected chi connectivity index (χ3v) is 5.50. The van der Waals surface area contributed by atoms with Gasteiger partial charge in [-0.05, 0) is 48.8 Å². The molecular weight excluding hydrogens is 286 g/mol. The number of hydrogen-bond donors (Lipinski definition) is 1. The van der Waals surface area contributed by atoms with Crippen LogP contribution in [0.2, 0.25) is 0 Å². The lowest BCUT2D eigenvalue weighted by Gasteiger charge is -2.32. The first-order chi connectivity index (χ1) is 8.63. The normalized spacial score (nSPS) is 26.0. The molecule has 1 fully saturated rings. The predicted molar refractivity (Wildman–Crippen MR) is 81.5 cm³/mol. The van der Waals surface area contributed by atoms with E-state index in [4.69, 9.17) is 5.73 Å². The molecule has 0 spiro atoms. The maximum atomic E-state index is 6.51. The molecule has 0 heterocycles. The van der Waals surface area contributed by atoms with Crippen molar-refractivity contribution >= 4 is 15.9 Å². The maximum Gasteiger partial charge on any atom is 0.0326 e. The average Bonchev–Trinajstić information content (AvgIpc) is 2.41. The van der Waals surface area contributed by atoms with E-state index < -0.39 is 0 Å². The molecule has 1 atom stereocenters. The van der Waals surface area contributed by atoms with Crippen LogP contribution in [-0.4, -0.2) is 0 Å². The SMILES string of the molecule is CCC1CCC(C(N)c2cccc(Br)c2C)CC1. The lowest BCUT2D eigenvalue weighted by Crippen LogP contribution is -2.26. The summed E-state index contributed by atoms with van der Waals surface area (Å²) in [5.74, 6) is 1.61. The van der Waals surface area contributed by atoms with Gasteiger partial charge in [0.25, 0.3) is 0 Å². The minimum atomic E-state index is 0.209. The van der Waals surface area contributed by atoms with Crippen LogP contribution in [0.3, 0.4) is 0 Å². The van der Waals surface area contributed by atoms with Crippen molar-refractivity contribution in [3.63, 3.8) is 0 Å². The van der Waals surface area contributed by atoms with Crippen molar-refractivity contribution in [1.82, 2.24) is 0 Å². The molecule has 2 rings (SSSR count). The van der Waals surface area contributed by atoms with Crippen molar-refractivity contribution in [2.45, 2.75) is 52.0 Å². The van der Waals surface area contributed by atoms with Gasteiger partial charge in [-0.2, -0.15) is 0 Å². The molecule has 2 heteroatoms. The Bertz CT molecular complexity index is 394. The molecule has 0 saturated heterocycles. The van der Waals surface area contributed by atoms with Gasteiger partial charge < -0.3 is 5.73 Å². The molecule has 100 valence electrons. The van der Waals surface area contributed by atoms with E-state index in [0.29, 0.717) is 5.92 Å². The molecule has 1 aliphatic carbocycles. The fourth-order valence-electron chi connectivity index (χ4n) is 3.19. The maximum absolute atomic E-state index is 6.51. The lowest BCUT2D eigenvalue weighted by molar-refractivity contribution is 0.239. The van der Waals surface area contributed by atoms with E-state index in [-0.39, 0.29) is 6.04 Å². The Balaban J connectivity index is 2.08. The Kier molecular flexibility index (Phi) is 4.85. The van der Waals surface area contributed by atoms with Crippen LogP contribution < -0.4 is 5.73 Å². The van der Waals surface area contributed by atoms with Crippen molar-refractivity contribution in [2.75, 3.05) is 0 Å². The highest BCUT2D eigenvalue weighted by molar-refractivity contribution is 9.10. The van der Waals surface area contributed by atoms with E-state index in [1.807, 2.05) is 0 Å². The predicted octanol–water partition coefficient (Wildman–Crippen LogP) is 4.97. The summed E-state index contributed by atoms with van der Waals surface area (Å²) in [5, 5.41) is 0. The van der Waals surface area contributed by atoms with Crippen LogP contribution in [0.4, 0.5) is 0 Å². The Hall–Kier alpha value is -0.340. The smallest absolute Gasteiger partial charge is 0.0326 e. The summed E-state index contributed by atoms with van der Waals surface area (Å²) in [6.45, 7) is 4.47. The first-order valence-corrected chi connectivity index (χ1v) is 7.93. The monoisotopic (exact) mass is 309 g/mol. The van der Waals surface area contributed by atoms with Gasteiger partial charge in [-0.15, -0.1) is 0 Å². The van der Waals surface area contributed by atoms with Crippen molar-refractivity contribution in [3.8, 4) is 0 Å². The van der Waals surface area contributed by atoms with Gasteiger partial charge in [0, 0.05) is 10.5 Å². The van der Waals surface area contributed by atoms with Gasteiger partial charge in [0.05, 0.1) is 0 Å². The van der Waals surface area contributed by atoms with Crippen LogP contribution >= 0.6 is 15.9 Å². The van der Waals surface area contributed by atoms with Gasteiger partial charge in [-0.1, -0.05) is 54.2 Å². The van der Waals surface area contributed by atoms with Gasteiger partial charge in [-0.3, -0.25) is 0 Å². The van der Waals surface area contributed by atoms with Crippen molar-refractivity contribution in [1.29, 1.82) is 0 Å². The standard InChI is InChI=1S/C16H24BrN/c1-3-12-7-9-13(10-8-12)16(18)14-5-4-6-15(17)11(14)2/h4-6,12-13,16H,3,7-10,18H2,1-2H3. The van der Waals surface area contributed by atoms with Crippen molar-refractivity contribution in [3.05, 3.63) is 33.8 Å². The molecule has 1 aromatic carbocycles. The minimum absolute atomic E-state index is 0.209. The molecule has 0 radical (unpaired) electrons. The third kappa shape index (κ3) is 2.97. The Morgan fingerprint density at radius 1 is 1.28 bits per heavy atom. The number of benzene rings is 1. The zero-order valence-electron chi connectivity index (χ0n) is 11.5. The summed E-state index contributed by atoms with van der Waals surface area (Å²) in [6, 6.07) is 6.60. The van der Waals surface area contributed by atoms with Crippen molar-refractivity contribution in [2.24, 2.45) is 17.6 Å². The van der Waals surface area contributed by atoms with E-state index in [2.05, 4.69) is 48.0 Å². The Morgan fingerprint density at radius 3 is 2.56 bits per heavy atom. The lowest BCUT2D eigenvalue weighted by atomic mass is 9.76. The highest BCUT2D eigenvalue weighted by Crippen LogP contribution is 2.38. The number of rotatable bonds is 3. The fraction of sp³-hybridized carbons (Fsp3) is 0.625. The second-order valence-electron chi connectivity index (χ2n) is 5.67. The van der Waals surface area contributed by atoms with Gasteiger partial charge in [0.15, 0.2) is 0 Å².